The number of hydrogen-bond donors (Lipinski definition) is 1. The number of esters is 1. The summed E-state index contributed by atoms with van der Waals surface area (Å²) < 4.78 is 15.9. The highest BCUT2D eigenvalue weighted by Crippen LogP contribution is 2.36. The molecule has 1 atom stereocenters. The molecule has 0 saturated carbocycles. The highest BCUT2D eigenvalue weighted by molar-refractivity contribution is 6.21. The zero-order valence-corrected chi connectivity index (χ0v) is 19.6. The van der Waals surface area contributed by atoms with E-state index in [0.717, 1.165) is 0 Å². The standard InChI is InChI=1S/C25H28N2O7/c1-16(2)33-23(30)26-27(24(31)34-17(3)4)25(14-19-12-8-9-13-20(19)21(25)28)22(29)32-15-18-10-6-5-7-11-18/h5-13,16-17H,14-15H2,1-4H3,(H,26,30)/t25-/m1/s1. The highest BCUT2D eigenvalue weighted by atomic mass is 16.6. The van der Waals surface area contributed by atoms with Crippen molar-refractivity contribution < 1.29 is 33.4 Å². The Morgan fingerprint density at radius 1 is 0.941 bits per heavy atom. The largest absolute Gasteiger partial charge is 0.459 e. The molecule has 1 aliphatic carbocycles. The third kappa shape index (κ3) is 5.19. The summed E-state index contributed by atoms with van der Waals surface area (Å²) in [6.45, 7) is 6.32. The van der Waals surface area contributed by atoms with E-state index >= 15 is 0 Å². The third-order valence-corrected chi connectivity index (χ3v) is 5.08. The number of rotatable bonds is 6. The van der Waals surface area contributed by atoms with Gasteiger partial charge in [-0.3, -0.25) is 4.79 Å². The zero-order valence-electron chi connectivity index (χ0n) is 19.6. The maximum atomic E-state index is 13.7. The highest BCUT2D eigenvalue weighted by Gasteiger charge is 2.60. The molecule has 0 heterocycles. The van der Waals surface area contributed by atoms with Gasteiger partial charge in [-0.15, -0.1) is 0 Å². The molecule has 2 aromatic carbocycles. The van der Waals surface area contributed by atoms with Crippen LogP contribution in [0.2, 0.25) is 0 Å². The molecule has 9 heteroatoms. The van der Waals surface area contributed by atoms with Crippen LogP contribution in [-0.4, -0.2) is 46.7 Å². The van der Waals surface area contributed by atoms with Gasteiger partial charge in [-0.05, 0) is 38.8 Å². The molecule has 0 bridgehead atoms. The molecule has 3 rings (SSSR count). The summed E-state index contributed by atoms with van der Waals surface area (Å²) in [6.07, 6.45) is -3.41. The fourth-order valence-electron chi connectivity index (χ4n) is 3.64. The third-order valence-electron chi connectivity index (χ3n) is 5.08. The van der Waals surface area contributed by atoms with Gasteiger partial charge in [0.2, 0.25) is 11.3 Å². The minimum absolute atomic E-state index is 0.130. The Kier molecular flexibility index (Phi) is 7.55. The predicted octanol–water partition coefficient (Wildman–Crippen LogP) is 3.80. The molecule has 2 amide bonds. The van der Waals surface area contributed by atoms with Crippen LogP contribution in [0.15, 0.2) is 54.6 Å². The Labute approximate surface area is 197 Å². The molecule has 180 valence electrons. The van der Waals surface area contributed by atoms with E-state index in [0.29, 0.717) is 16.1 Å². The van der Waals surface area contributed by atoms with Crippen LogP contribution in [0.5, 0.6) is 0 Å². The number of nitrogens with one attached hydrogen (secondary N) is 1. The molecule has 34 heavy (non-hydrogen) atoms. The summed E-state index contributed by atoms with van der Waals surface area (Å²) in [7, 11) is 0. The van der Waals surface area contributed by atoms with E-state index in [9.17, 15) is 19.2 Å². The van der Waals surface area contributed by atoms with Crippen molar-refractivity contribution in [3.8, 4) is 0 Å². The molecule has 0 unspecified atom stereocenters. The number of amides is 2. The lowest BCUT2D eigenvalue weighted by Crippen LogP contribution is -2.67. The average Bonchev–Trinajstić information content (AvgIpc) is 3.09. The Hall–Kier alpha value is -3.88. The van der Waals surface area contributed by atoms with Gasteiger partial charge in [0.25, 0.3) is 0 Å². The van der Waals surface area contributed by atoms with Crippen molar-refractivity contribution >= 4 is 23.9 Å². The Balaban J connectivity index is 2.03. The number of Topliss-reactive ketones (excluding diaryl/α,β-unsaturated/α-hetero) is 1. The second kappa shape index (κ2) is 10.4. The van der Waals surface area contributed by atoms with Gasteiger partial charge in [-0.1, -0.05) is 54.6 Å². The van der Waals surface area contributed by atoms with Gasteiger partial charge in [0.05, 0.1) is 12.2 Å². The van der Waals surface area contributed by atoms with Crippen LogP contribution in [0.1, 0.15) is 49.2 Å². The lowest BCUT2D eigenvalue weighted by Gasteiger charge is -2.36. The number of benzene rings is 2. The van der Waals surface area contributed by atoms with Gasteiger partial charge < -0.3 is 14.2 Å². The van der Waals surface area contributed by atoms with Crippen molar-refractivity contribution in [2.75, 3.05) is 0 Å². The normalized spacial score (nSPS) is 16.7. The lowest BCUT2D eigenvalue weighted by molar-refractivity contribution is -0.157. The van der Waals surface area contributed by atoms with E-state index in [1.54, 1.807) is 76.2 Å². The van der Waals surface area contributed by atoms with Crippen molar-refractivity contribution in [1.29, 1.82) is 0 Å². The van der Waals surface area contributed by atoms with Crippen molar-refractivity contribution in [3.05, 3.63) is 71.3 Å². The number of ketones is 1. The summed E-state index contributed by atoms with van der Waals surface area (Å²) >= 11 is 0. The van der Waals surface area contributed by atoms with Crippen LogP contribution in [0.4, 0.5) is 9.59 Å². The maximum absolute atomic E-state index is 13.7. The quantitative estimate of drug-likeness (QED) is 0.297. The van der Waals surface area contributed by atoms with Gasteiger partial charge in [-0.2, -0.15) is 5.01 Å². The number of carbonyl (C=O) groups excluding carboxylic acids is 4. The van der Waals surface area contributed by atoms with Gasteiger partial charge in [0.1, 0.15) is 6.61 Å². The SMILES string of the molecule is CC(C)OC(=O)NN(C(=O)OC(C)C)[C@]1(C(=O)OCc2ccccc2)Cc2ccccc2C1=O. The van der Waals surface area contributed by atoms with Crippen molar-refractivity contribution in [1.82, 2.24) is 10.4 Å². The van der Waals surface area contributed by atoms with Crippen LogP contribution in [0.25, 0.3) is 0 Å². The number of hydrogen-bond acceptors (Lipinski definition) is 7. The van der Waals surface area contributed by atoms with Crippen LogP contribution in [0, 0.1) is 0 Å². The molecule has 9 nitrogen and oxygen atoms in total. The van der Waals surface area contributed by atoms with Crippen molar-refractivity contribution in [2.24, 2.45) is 0 Å². The topological polar surface area (TPSA) is 111 Å². The lowest BCUT2D eigenvalue weighted by atomic mass is 9.93. The van der Waals surface area contributed by atoms with Crippen LogP contribution in [-0.2, 0) is 32.0 Å². The van der Waals surface area contributed by atoms with E-state index in [-0.39, 0.29) is 18.6 Å². The predicted molar refractivity (Wildman–Crippen MR) is 122 cm³/mol. The summed E-state index contributed by atoms with van der Waals surface area (Å²) in [5.74, 6) is -1.69. The van der Waals surface area contributed by atoms with Crippen LogP contribution in [0.3, 0.4) is 0 Å². The Bertz CT molecular complexity index is 1070. The number of ether oxygens (including phenoxy) is 3. The second-order valence-electron chi connectivity index (χ2n) is 8.42. The molecular formula is C25H28N2O7. The molecule has 0 aromatic heterocycles. The number of carbonyl (C=O) groups is 4. The molecular weight excluding hydrogens is 440 g/mol. The van der Waals surface area contributed by atoms with Gasteiger partial charge in [-0.25, -0.2) is 19.8 Å². The number of fused-ring (bicyclic) bond motifs is 1. The molecule has 0 aliphatic heterocycles. The molecule has 0 fully saturated rings. The average molecular weight is 469 g/mol. The first kappa shape index (κ1) is 24.8. The van der Waals surface area contributed by atoms with Gasteiger partial charge in [0.15, 0.2) is 0 Å². The molecule has 2 aromatic rings. The summed E-state index contributed by atoms with van der Waals surface area (Å²) in [5, 5.41) is 0.605. The van der Waals surface area contributed by atoms with Crippen molar-refractivity contribution in [3.63, 3.8) is 0 Å². The van der Waals surface area contributed by atoms with Gasteiger partial charge in [0, 0.05) is 12.0 Å². The summed E-state index contributed by atoms with van der Waals surface area (Å²) in [5.41, 5.74) is 1.52. The molecule has 1 N–H and O–H groups in total. The minimum atomic E-state index is -2.21. The maximum Gasteiger partial charge on any atom is 0.430 e. The minimum Gasteiger partial charge on any atom is -0.459 e. The van der Waals surface area contributed by atoms with E-state index < -0.39 is 41.7 Å². The summed E-state index contributed by atoms with van der Waals surface area (Å²) in [4.78, 5) is 52.8. The van der Waals surface area contributed by atoms with Crippen LogP contribution >= 0.6 is 0 Å². The molecule has 0 saturated heterocycles. The van der Waals surface area contributed by atoms with Crippen molar-refractivity contribution in [2.45, 2.75) is 58.5 Å². The van der Waals surface area contributed by atoms with E-state index in [4.69, 9.17) is 14.2 Å². The van der Waals surface area contributed by atoms with E-state index in [2.05, 4.69) is 5.43 Å². The fourth-order valence-corrected chi connectivity index (χ4v) is 3.64. The molecule has 0 spiro atoms. The second-order valence-corrected chi connectivity index (χ2v) is 8.42. The fraction of sp³-hybridized carbons (Fsp3) is 0.360. The van der Waals surface area contributed by atoms with Gasteiger partial charge >= 0.3 is 18.2 Å². The first-order valence-electron chi connectivity index (χ1n) is 11.0. The Morgan fingerprint density at radius 2 is 1.56 bits per heavy atom. The monoisotopic (exact) mass is 468 g/mol. The van der Waals surface area contributed by atoms with Crippen LogP contribution < -0.4 is 5.43 Å². The first-order valence-corrected chi connectivity index (χ1v) is 11.0. The van der Waals surface area contributed by atoms with E-state index in [1.165, 1.54) is 0 Å². The number of hydrazine groups is 1. The van der Waals surface area contributed by atoms with E-state index in [1.807, 2.05) is 6.07 Å². The first-order chi connectivity index (χ1) is 16.1. The number of nitrogens with zero attached hydrogens (tertiary/aromatic N) is 1. The Morgan fingerprint density at radius 3 is 2.18 bits per heavy atom. The molecule has 1 aliphatic rings. The molecule has 0 radical (unpaired) electrons. The smallest absolute Gasteiger partial charge is 0.430 e. The summed E-state index contributed by atoms with van der Waals surface area (Å²) in [6, 6.07) is 15.5. The zero-order chi connectivity index (χ0) is 24.9.